The summed E-state index contributed by atoms with van der Waals surface area (Å²) in [6, 6.07) is 12.7. The molecule has 8 nitrogen and oxygen atoms in total. The summed E-state index contributed by atoms with van der Waals surface area (Å²) in [5, 5.41) is 15.9. The molecule has 4 atom stereocenters. The first-order chi connectivity index (χ1) is 19.9. The Morgan fingerprint density at radius 1 is 1.05 bits per heavy atom. The van der Waals surface area contributed by atoms with Gasteiger partial charge in [-0.15, -0.1) is 0 Å². The lowest BCUT2D eigenvalue weighted by Gasteiger charge is -2.34. The maximum atomic E-state index is 15.0. The normalized spacial score (nSPS) is 27.7. The number of phenolic OH excluding ortho intramolecular Hbond substituents is 1. The van der Waals surface area contributed by atoms with Gasteiger partial charge < -0.3 is 20.1 Å². The number of hydrogen-bond acceptors (Lipinski definition) is 8. The van der Waals surface area contributed by atoms with Crippen molar-refractivity contribution in [3.8, 4) is 23.0 Å². The number of ether oxygens (including phenoxy) is 1. The minimum Gasteiger partial charge on any atom is -0.508 e. The number of nitrogens with one attached hydrogen (secondary N) is 1. The average molecular weight is 559 g/mol. The maximum absolute atomic E-state index is 15.0. The van der Waals surface area contributed by atoms with Gasteiger partial charge in [-0.1, -0.05) is 12.1 Å². The highest BCUT2D eigenvalue weighted by molar-refractivity contribution is 5.99. The van der Waals surface area contributed by atoms with Crippen molar-refractivity contribution in [2.75, 3.05) is 37.7 Å². The molecule has 212 valence electrons. The van der Waals surface area contributed by atoms with Crippen LogP contribution in [0.1, 0.15) is 32.1 Å². The number of pyridine rings is 1. The van der Waals surface area contributed by atoms with Crippen LogP contribution in [0.2, 0.25) is 0 Å². The number of rotatable bonds is 5. The van der Waals surface area contributed by atoms with Gasteiger partial charge in [-0.05, 0) is 67.9 Å². The zero-order valence-electron chi connectivity index (χ0n) is 22.7. The highest BCUT2D eigenvalue weighted by Crippen LogP contribution is 2.41. The second kappa shape index (κ2) is 9.46. The molecule has 0 unspecified atom stereocenters. The number of nitrogens with zero attached hydrogens (tertiary/aromatic N) is 5. The minimum atomic E-state index is -0.843. The molecule has 8 rings (SSSR count). The number of piperazine rings is 1. The van der Waals surface area contributed by atoms with Crippen molar-refractivity contribution in [1.82, 2.24) is 25.2 Å². The van der Waals surface area contributed by atoms with Crippen LogP contribution in [-0.4, -0.2) is 81.5 Å². The molecule has 4 aromatic rings. The van der Waals surface area contributed by atoms with E-state index in [1.807, 2.05) is 12.1 Å². The Labute approximate surface area is 236 Å². The smallest absolute Gasteiger partial charge is 0.320 e. The largest absolute Gasteiger partial charge is 0.508 e. The molecule has 0 spiro atoms. The third-order valence-electron chi connectivity index (χ3n) is 9.45. The van der Waals surface area contributed by atoms with Crippen molar-refractivity contribution in [3.63, 3.8) is 0 Å². The molecule has 0 saturated carbocycles. The topological polar surface area (TPSA) is 86.6 Å². The molecule has 0 radical (unpaired) electrons. The van der Waals surface area contributed by atoms with E-state index in [0.29, 0.717) is 59.3 Å². The van der Waals surface area contributed by atoms with Gasteiger partial charge in [0.25, 0.3) is 0 Å². The Balaban J connectivity index is 1.23. The summed E-state index contributed by atoms with van der Waals surface area (Å²) >= 11 is 0. The number of aromatic hydroxyl groups is 1. The second-order valence-electron chi connectivity index (χ2n) is 12.1. The molecule has 2 aromatic carbocycles. The molecule has 4 aliphatic rings. The summed E-state index contributed by atoms with van der Waals surface area (Å²) in [5.74, 6) is 0.419. The van der Waals surface area contributed by atoms with E-state index in [2.05, 4.69) is 15.1 Å². The molecule has 4 fully saturated rings. The Morgan fingerprint density at radius 2 is 1.90 bits per heavy atom. The van der Waals surface area contributed by atoms with Gasteiger partial charge in [0.2, 0.25) is 0 Å². The fraction of sp³-hybridized carbons (Fsp3) is 0.452. The number of hydrogen-bond donors (Lipinski definition) is 2. The van der Waals surface area contributed by atoms with Crippen LogP contribution in [0, 0.1) is 5.82 Å². The zero-order chi connectivity index (χ0) is 27.7. The first kappa shape index (κ1) is 25.1. The Hall–Kier alpha value is -3.63. The molecular formula is C31H32F2N6O2. The highest BCUT2D eigenvalue weighted by Gasteiger charge is 2.49. The second-order valence-corrected chi connectivity index (χ2v) is 12.1. The van der Waals surface area contributed by atoms with Crippen LogP contribution in [0.5, 0.6) is 11.8 Å². The summed E-state index contributed by atoms with van der Waals surface area (Å²) in [6.45, 7) is 3.32. The molecule has 0 amide bonds. The monoisotopic (exact) mass is 558 g/mol. The molecule has 10 heteroatoms. The van der Waals surface area contributed by atoms with Crippen molar-refractivity contribution >= 4 is 27.6 Å². The zero-order valence-corrected chi connectivity index (χ0v) is 22.7. The molecule has 0 aliphatic carbocycles. The third-order valence-corrected chi connectivity index (χ3v) is 9.45. The van der Waals surface area contributed by atoms with Gasteiger partial charge in [-0.3, -0.25) is 4.90 Å². The van der Waals surface area contributed by atoms with Crippen LogP contribution in [0.15, 0.2) is 42.5 Å². The van der Waals surface area contributed by atoms with Gasteiger partial charge in [0.05, 0.1) is 16.6 Å². The van der Waals surface area contributed by atoms with Gasteiger partial charge >= 0.3 is 6.01 Å². The van der Waals surface area contributed by atoms with E-state index >= 15 is 4.39 Å². The first-order valence-electron chi connectivity index (χ1n) is 14.6. The van der Waals surface area contributed by atoms with Crippen LogP contribution in [0.4, 0.5) is 14.6 Å². The lowest BCUT2D eigenvalue weighted by Crippen LogP contribution is -2.51. The summed E-state index contributed by atoms with van der Waals surface area (Å²) in [5.41, 5.74) is 1.11. The van der Waals surface area contributed by atoms with Crippen molar-refractivity contribution < 1.29 is 18.6 Å². The lowest BCUT2D eigenvalue weighted by atomic mass is 9.95. The Morgan fingerprint density at radius 3 is 2.76 bits per heavy atom. The van der Waals surface area contributed by atoms with Crippen molar-refractivity contribution in [2.24, 2.45) is 0 Å². The van der Waals surface area contributed by atoms with E-state index in [-0.39, 0.29) is 23.1 Å². The molecule has 41 heavy (non-hydrogen) atoms. The van der Waals surface area contributed by atoms with Gasteiger partial charge in [0, 0.05) is 49.1 Å². The molecule has 4 aliphatic heterocycles. The van der Waals surface area contributed by atoms with Crippen LogP contribution >= 0.6 is 0 Å². The predicted molar refractivity (Wildman–Crippen MR) is 153 cm³/mol. The first-order valence-corrected chi connectivity index (χ1v) is 14.6. The number of aromatic nitrogens is 3. The number of alkyl halides is 1. The number of benzene rings is 2. The van der Waals surface area contributed by atoms with E-state index in [4.69, 9.17) is 19.7 Å². The minimum absolute atomic E-state index is 0.0341. The molecule has 2 N–H and O–H groups in total. The number of phenols is 1. The van der Waals surface area contributed by atoms with E-state index in [1.165, 1.54) is 12.1 Å². The number of fused-ring (bicyclic) bond motifs is 5. The molecule has 2 bridgehead atoms. The Kier molecular flexibility index (Phi) is 5.79. The summed E-state index contributed by atoms with van der Waals surface area (Å²) in [7, 11) is 0. The van der Waals surface area contributed by atoms with Crippen molar-refractivity contribution in [3.05, 3.63) is 48.3 Å². The van der Waals surface area contributed by atoms with E-state index < -0.39 is 6.17 Å². The van der Waals surface area contributed by atoms with E-state index in [0.717, 1.165) is 56.5 Å². The molecule has 2 aromatic heterocycles. The SMILES string of the molecule is Oc1cc(-c2ccc3c(N4C[C@H]5CC[C@@H](C4)N5)nc(OC[C@@]45CCCN4C[C@H](F)C5)nc3n2)c2c(F)cccc2c1. The fourth-order valence-corrected chi connectivity index (χ4v) is 7.62. The molecular weight excluding hydrogens is 526 g/mol. The van der Waals surface area contributed by atoms with Crippen LogP contribution < -0.4 is 15.0 Å². The lowest BCUT2D eigenvalue weighted by molar-refractivity contribution is 0.107. The van der Waals surface area contributed by atoms with Gasteiger partial charge in [-0.2, -0.15) is 9.97 Å². The average Bonchev–Trinajstić information content (AvgIpc) is 3.61. The summed E-state index contributed by atoms with van der Waals surface area (Å²) in [6.07, 6.45) is 3.82. The standard InChI is InChI=1S/C31H32F2N6O2/c32-19-13-31(9-2-10-39(31)14-19)17-41-30-36-28-23(29(37-30)38-15-20-5-6-21(16-38)34-20)7-8-26(35-28)24-12-22(40)11-18-3-1-4-25(33)27(18)24/h1,3-4,7-8,11-12,19-21,34,40H,2,5-6,9-10,13-17H2/t19-,20-,21+,31+/m1/s1. The van der Waals surface area contributed by atoms with Crippen LogP contribution in [-0.2, 0) is 0 Å². The van der Waals surface area contributed by atoms with Crippen molar-refractivity contribution in [1.29, 1.82) is 0 Å². The molecule has 4 saturated heterocycles. The van der Waals surface area contributed by atoms with Gasteiger partial charge in [-0.25, -0.2) is 13.8 Å². The van der Waals surface area contributed by atoms with Crippen LogP contribution in [0.25, 0.3) is 33.1 Å². The van der Waals surface area contributed by atoms with E-state index in [9.17, 15) is 9.50 Å². The number of anilines is 1. The quantitative estimate of drug-likeness (QED) is 0.368. The van der Waals surface area contributed by atoms with Gasteiger partial charge in [0.1, 0.15) is 30.2 Å². The molecule has 6 heterocycles. The third kappa shape index (κ3) is 4.26. The summed E-state index contributed by atoms with van der Waals surface area (Å²) in [4.78, 5) is 19.0. The predicted octanol–water partition coefficient (Wildman–Crippen LogP) is 4.59. The van der Waals surface area contributed by atoms with E-state index in [1.54, 1.807) is 18.2 Å². The summed E-state index contributed by atoms with van der Waals surface area (Å²) < 4.78 is 35.7. The maximum Gasteiger partial charge on any atom is 0.320 e. The van der Waals surface area contributed by atoms with Gasteiger partial charge in [0.15, 0.2) is 5.65 Å². The highest BCUT2D eigenvalue weighted by atomic mass is 19.1. The van der Waals surface area contributed by atoms with Crippen LogP contribution in [0.3, 0.4) is 0 Å². The van der Waals surface area contributed by atoms with Crippen molar-refractivity contribution in [2.45, 2.75) is 55.9 Å². The fourth-order valence-electron chi connectivity index (χ4n) is 7.62. The number of halogens is 2. The Bertz CT molecular complexity index is 1660.